The third-order valence-corrected chi connectivity index (χ3v) is 3.42. The van der Waals surface area contributed by atoms with Gasteiger partial charge >= 0.3 is 11.9 Å². The first-order chi connectivity index (χ1) is 10.6. The SMILES string of the molecule is CCCCSc1nc(C(=O)OC)n(COCCOC(C)=O)n1. The normalized spacial score (nSPS) is 10.5. The molecule has 0 aliphatic heterocycles. The van der Waals surface area contributed by atoms with E-state index in [1.54, 1.807) is 0 Å². The highest BCUT2D eigenvalue weighted by molar-refractivity contribution is 7.99. The van der Waals surface area contributed by atoms with E-state index >= 15 is 0 Å². The Balaban J connectivity index is 2.57. The molecule has 0 saturated carbocycles. The molecule has 0 aromatic carbocycles. The maximum atomic E-state index is 11.7. The number of methoxy groups -OCH3 is 1. The van der Waals surface area contributed by atoms with E-state index in [0.717, 1.165) is 18.6 Å². The highest BCUT2D eigenvalue weighted by Crippen LogP contribution is 2.16. The molecule has 0 aliphatic carbocycles. The Kier molecular flexibility index (Phi) is 8.53. The van der Waals surface area contributed by atoms with E-state index in [1.165, 1.54) is 30.5 Å². The van der Waals surface area contributed by atoms with Crippen LogP contribution in [-0.4, -0.2) is 52.8 Å². The standard InChI is InChI=1S/C13H21N3O5S/c1-4-5-8-22-13-14-11(12(18)19-3)16(15-13)9-20-6-7-21-10(2)17/h4-9H2,1-3H3. The van der Waals surface area contributed by atoms with Gasteiger partial charge in [0, 0.05) is 12.7 Å². The molecule has 0 saturated heterocycles. The van der Waals surface area contributed by atoms with Gasteiger partial charge in [-0.2, -0.15) is 4.98 Å². The molecule has 9 heteroatoms. The van der Waals surface area contributed by atoms with Crippen LogP contribution in [0.4, 0.5) is 0 Å². The monoisotopic (exact) mass is 331 g/mol. The summed E-state index contributed by atoms with van der Waals surface area (Å²) in [6.07, 6.45) is 2.13. The smallest absolute Gasteiger partial charge is 0.375 e. The fourth-order valence-electron chi connectivity index (χ4n) is 1.42. The zero-order chi connectivity index (χ0) is 16.4. The number of thioether (sulfide) groups is 1. The molecule has 0 amide bonds. The van der Waals surface area contributed by atoms with Gasteiger partial charge in [0.2, 0.25) is 11.0 Å². The van der Waals surface area contributed by atoms with E-state index in [4.69, 9.17) is 9.47 Å². The highest BCUT2D eigenvalue weighted by atomic mass is 32.2. The van der Waals surface area contributed by atoms with E-state index in [-0.39, 0.29) is 31.7 Å². The van der Waals surface area contributed by atoms with Gasteiger partial charge in [-0.25, -0.2) is 9.48 Å². The van der Waals surface area contributed by atoms with Gasteiger partial charge in [-0.3, -0.25) is 4.79 Å². The predicted octanol–water partition coefficient (Wildman–Crippen LogP) is 1.49. The molecule has 8 nitrogen and oxygen atoms in total. The second kappa shape index (κ2) is 10.2. The quantitative estimate of drug-likeness (QED) is 0.362. The molecule has 1 rings (SSSR count). The van der Waals surface area contributed by atoms with Crippen LogP contribution in [0.1, 0.15) is 37.3 Å². The molecule has 0 atom stereocenters. The van der Waals surface area contributed by atoms with E-state index in [9.17, 15) is 9.59 Å². The van der Waals surface area contributed by atoms with E-state index in [1.807, 2.05) is 0 Å². The van der Waals surface area contributed by atoms with Crippen molar-refractivity contribution < 1.29 is 23.8 Å². The fourth-order valence-corrected chi connectivity index (χ4v) is 2.34. The first kappa shape index (κ1) is 18.4. The van der Waals surface area contributed by atoms with E-state index < -0.39 is 5.97 Å². The highest BCUT2D eigenvalue weighted by Gasteiger charge is 2.18. The van der Waals surface area contributed by atoms with Crippen molar-refractivity contribution in [3.05, 3.63) is 5.82 Å². The summed E-state index contributed by atoms with van der Waals surface area (Å²) in [5.41, 5.74) is 0. The van der Waals surface area contributed by atoms with Crippen LogP contribution in [0.15, 0.2) is 5.16 Å². The molecule has 124 valence electrons. The number of aromatic nitrogens is 3. The lowest BCUT2D eigenvalue weighted by Gasteiger charge is -2.06. The van der Waals surface area contributed by atoms with Crippen LogP contribution in [0.25, 0.3) is 0 Å². The average molecular weight is 331 g/mol. The van der Waals surface area contributed by atoms with Gasteiger partial charge in [0.05, 0.1) is 13.7 Å². The van der Waals surface area contributed by atoms with Crippen molar-refractivity contribution in [1.29, 1.82) is 0 Å². The number of nitrogens with zero attached hydrogens (tertiary/aromatic N) is 3. The molecule has 0 fully saturated rings. The number of esters is 2. The van der Waals surface area contributed by atoms with Crippen LogP contribution in [0.3, 0.4) is 0 Å². The van der Waals surface area contributed by atoms with Gasteiger partial charge in [0.25, 0.3) is 0 Å². The lowest BCUT2D eigenvalue weighted by molar-refractivity contribution is -0.142. The van der Waals surface area contributed by atoms with Gasteiger partial charge in [-0.05, 0) is 6.42 Å². The molecule has 0 spiro atoms. The summed E-state index contributed by atoms with van der Waals surface area (Å²) in [5, 5.41) is 4.73. The number of unbranched alkanes of at least 4 members (excludes halogenated alkanes) is 1. The summed E-state index contributed by atoms with van der Waals surface area (Å²) >= 11 is 1.48. The maximum Gasteiger partial charge on any atom is 0.375 e. The van der Waals surface area contributed by atoms with Crippen LogP contribution in [-0.2, 0) is 25.7 Å². The fraction of sp³-hybridized carbons (Fsp3) is 0.692. The molecule has 0 unspecified atom stereocenters. The van der Waals surface area contributed by atoms with Crippen molar-refractivity contribution in [3.8, 4) is 0 Å². The Morgan fingerprint density at radius 2 is 2.09 bits per heavy atom. The van der Waals surface area contributed by atoms with Crippen LogP contribution < -0.4 is 0 Å². The van der Waals surface area contributed by atoms with Crippen molar-refractivity contribution in [2.45, 2.75) is 38.6 Å². The lowest BCUT2D eigenvalue weighted by Crippen LogP contribution is -2.16. The number of rotatable bonds is 10. The summed E-state index contributed by atoms with van der Waals surface area (Å²) in [4.78, 5) is 26.4. The predicted molar refractivity (Wildman–Crippen MR) is 79.6 cm³/mol. The van der Waals surface area contributed by atoms with E-state index in [2.05, 4.69) is 21.7 Å². The minimum absolute atomic E-state index is 0.0348. The first-order valence-electron chi connectivity index (χ1n) is 6.95. The molecule has 0 bridgehead atoms. The molecule has 1 aromatic rings. The van der Waals surface area contributed by atoms with Crippen molar-refractivity contribution in [2.75, 3.05) is 26.1 Å². The van der Waals surface area contributed by atoms with Gasteiger partial charge in [-0.1, -0.05) is 25.1 Å². The number of carbonyl (C=O) groups excluding carboxylic acids is 2. The summed E-state index contributed by atoms with van der Waals surface area (Å²) in [6, 6.07) is 0. The number of hydrogen-bond donors (Lipinski definition) is 0. The second-order valence-corrected chi connectivity index (χ2v) is 5.35. The Hall–Kier alpha value is -1.61. The molecule has 0 radical (unpaired) electrons. The maximum absolute atomic E-state index is 11.7. The number of carbonyl (C=O) groups is 2. The van der Waals surface area contributed by atoms with Crippen molar-refractivity contribution in [2.24, 2.45) is 0 Å². The zero-order valence-electron chi connectivity index (χ0n) is 13.0. The molecular formula is C13H21N3O5S. The summed E-state index contributed by atoms with van der Waals surface area (Å²) in [6.45, 7) is 3.82. The van der Waals surface area contributed by atoms with Gasteiger partial charge < -0.3 is 14.2 Å². The number of hydrogen-bond acceptors (Lipinski definition) is 8. The summed E-state index contributed by atoms with van der Waals surface area (Å²) in [5.74, 6) is 0.0377. The molecular weight excluding hydrogens is 310 g/mol. The van der Waals surface area contributed by atoms with Crippen LogP contribution in [0.2, 0.25) is 0 Å². The van der Waals surface area contributed by atoms with Crippen LogP contribution in [0, 0.1) is 0 Å². The zero-order valence-corrected chi connectivity index (χ0v) is 13.9. The lowest BCUT2D eigenvalue weighted by atomic mass is 10.4. The Bertz CT molecular complexity index is 492. The van der Waals surface area contributed by atoms with E-state index in [0.29, 0.717) is 5.16 Å². The van der Waals surface area contributed by atoms with Gasteiger partial charge in [0.1, 0.15) is 13.3 Å². The van der Waals surface area contributed by atoms with Gasteiger partial charge in [-0.15, -0.1) is 5.10 Å². The minimum atomic E-state index is -0.571. The third-order valence-electron chi connectivity index (χ3n) is 2.50. The van der Waals surface area contributed by atoms with Crippen LogP contribution in [0.5, 0.6) is 0 Å². The van der Waals surface area contributed by atoms with Crippen molar-refractivity contribution in [3.63, 3.8) is 0 Å². The molecule has 1 heterocycles. The molecule has 1 aromatic heterocycles. The third kappa shape index (κ3) is 6.44. The summed E-state index contributed by atoms with van der Waals surface area (Å²) in [7, 11) is 1.28. The first-order valence-corrected chi connectivity index (χ1v) is 7.94. The van der Waals surface area contributed by atoms with Crippen LogP contribution >= 0.6 is 11.8 Å². The molecule has 22 heavy (non-hydrogen) atoms. The average Bonchev–Trinajstić information content (AvgIpc) is 2.89. The Morgan fingerprint density at radius 1 is 1.32 bits per heavy atom. The molecule has 0 aliphatic rings. The number of ether oxygens (including phenoxy) is 3. The largest absolute Gasteiger partial charge is 0.463 e. The second-order valence-electron chi connectivity index (χ2n) is 4.29. The Morgan fingerprint density at radius 3 is 2.73 bits per heavy atom. The Labute approximate surface area is 133 Å². The summed E-state index contributed by atoms with van der Waals surface area (Å²) < 4.78 is 16.1. The topological polar surface area (TPSA) is 92.5 Å². The minimum Gasteiger partial charge on any atom is -0.463 e. The van der Waals surface area contributed by atoms with Gasteiger partial charge in [0.15, 0.2) is 0 Å². The van der Waals surface area contributed by atoms with Crippen molar-refractivity contribution in [1.82, 2.24) is 14.8 Å². The molecule has 0 N–H and O–H groups in total. The van der Waals surface area contributed by atoms with Crippen molar-refractivity contribution >= 4 is 23.7 Å².